The topological polar surface area (TPSA) is 20.2 Å². The molecule has 0 amide bonds. The van der Waals surface area contributed by atoms with Crippen LogP contribution in [-0.2, 0) is 6.42 Å². The fourth-order valence-corrected chi connectivity index (χ4v) is 2.76. The third-order valence-electron chi connectivity index (χ3n) is 2.34. The molecule has 1 nitrogen and oxygen atoms in total. The van der Waals surface area contributed by atoms with E-state index in [4.69, 9.17) is 23.2 Å². The lowest BCUT2D eigenvalue weighted by atomic mass is 10.1. The zero-order chi connectivity index (χ0) is 12.4. The van der Waals surface area contributed by atoms with Gasteiger partial charge in [0.15, 0.2) is 0 Å². The maximum absolute atomic E-state index is 13.5. The van der Waals surface area contributed by atoms with Gasteiger partial charge in [0, 0.05) is 16.3 Å². The van der Waals surface area contributed by atoms with E-state index in [0.29, 0.717) is 14.9 Å². The Morgan fingerprint density at radius 3 is 2.65 bits per heavy atom. The number of hydrogen-bond donors (Lipinski definition) is 1. The summed E-state index contributed by atoms with van der Waals surface area (Å²) in [6, 6.07) is 7.75. The van der Waals surface area contributed by atoms with E-state index in [1.54, 1.807) is 12.1 Å². The summed E-state index contributed by atoms with van der Waals surface area (Å²) in [5.41, 5.74) is 0.398. The van der Waals surface area contributed by atoms with Crippen LogP contribution in [0.1, 0.15) is 16.5 Å². The molecule has 0 spiro atoms. The first-order chi connectivity index (χ1) is 8.06. The predicted molar refractivity (Wildman–Crippen MR) is 69.4 cm³/mol. The summed E-state index contributed by atoms with van der Waals surface area (Å²) < 4.78 is 14.1. The van der Waals surface area contributed by atoms with E-state index in [1.165, 1.54) is 29.5 Å². The van der Waals surface area contributed by atoms with Crippen LogP contribution in [-0.4, -0.2) is 5.11 Å². The minimum Gasteiger partial charge on any atom is -0.387 e. The summed E-state index contributed by atoms with van der Waals surface area (Å²) in [6.07, 6.45) is -0.580. The minimum absolute atomic E-state index is 0.184. The van der Waals surface area contributed by atoms with Crippen molar-refractivity contribution in [1.29, 1.82) is 0 Å². The summed E-state index contributed by atoms with van der Waals surface area (Å²) in [5.74, 6) is -0.365. The lowest BCUT2D eigenvalue weighted by molar-refractivity contribution is 0.181. The van der Waals surface area contributed by atoms with E-state index in [2.05, 4.69) is 0 Å². The van der Waals surface area contributed by atoms with Crippen LogP contribution in [0.4, 0.5) is 4.39 Å². The number of aliphatic hydroxyl groups is 1. The van der Waals surface area contributed by atoms with E-state index >= 15 is 0 Å². The molecule has 0 saturated carbocycles. The average molecular weight is 291 g/mol. The van der Waals surface area contributed by atoms with Crippen LogP contribution in [0.25, 0.3) is 0 Å². The van der Waals surface area contributed by atoms with Crippen LogP contribution in [0.15, 0.2) is 30.3 Å². The lowest BCUT2D eigenvalue weighted by Crippen LogP contribution is -2.01. The molecule has 1 aromatic heterocycles. The van der Waals surface area contributed by atoms with Gasteiger partial charge in [-0.2, -0.15) is 0 Å². The second-order valence-electron chi connectivity index (χ2n) is 3.60. The van der Waals surface area contributed by atoms with Crippen molar-refractivity contribution in [2.45, 2.75) is 12.5 Å². The highest BCUT2D eigenvalue weighted by atomic mass is 35.5. The van der Waals surface area contributed by atoms with E-state index in [9.17, 15) is 9.50 Å². The highest BCUT2D eigenvalue weighted by molar-refractivity contribution is 7.16. The van der Waals surface area contributed by atoms with Crippen molar-refractivity contribution in [1.82, 2.24) is 0 Å². The van der Waals surface area contributed by atoms with Gasteiger partial charge < -0.3 is 5.11 Å². The van der Waals surface area contributed by atoms with E-state index in [-0.39, 0.29) is 12.2 Å². The second-order valence-corrected chi connectivity index (χ2v) is 5.78. The number of rotatable bonds is 3. The van der Waals surface area contributed by atoms with E-state index in [0.717, 1.165) is 4.88 Å². The molecule has 0 aliphatic carbocycles. The normalized spacial score (nSPS) is 12.7. The Morgan fingerprint density at radius 2 is 2.00 bits per heavy atom. The standard InChI is InChI=1S/C12H9Cl2FOS/c13-8-1-2-9(15)7(5-8)6-10(16)11-3-4-12(14)17-11/h1-5,10,16H,6H2. The summed E-state index contributed by atoms with van der Waals surface area (Å²) >= 11 is 12.8. The quantitative estimate of drug-likeness (QED) is 0.884. The maximum atomic E-state index is 13.5. The largest absolute Gasteiger partial charge is 0.387 e. The van der Waals surface area contributed by atoms with Crippen molar-refractivity contribution < 1.29 is 9.50 Å². The highest BCUT2D eigenvalue weighted by Gasteiger charge is 2.14. The third-order valence-corrected chi connectivity index (χ3v) is 3.91. The molecule has 0 aliphatic rings. The van der Waals surface area contributed by atoms with Crippen molar-refractivity contribution in [3.8, 4) is 0 Å². The van der Waals surface area contributed by atoms with Crippen molar-refractivity contribution in [3.05, 3.63) is 55.9 Å². The maximum Gasteiger partial charge on any atom is 0.126 e. The van der Waals surface area contributed by atoms with Crippen LogP contribution < -0.4 is 0 Å². The van der Waals surface area contributed by atoms with Crippen molar-refractivity contribution in [3.63, 3.8) is 0 Å². The molecule has 1 N–H and O–H groups in total. The molecule has 1 aromatic carbocycles. The van der Waals surface area contributed by atoms with Gasteiger partial charge >= 0.3 is 0 Å². The number of thiophene rings is 1. The molecule has 2 aromatic rings. The van der Waals surface area contributed by atoms with Gasteiger partial charge in [-0.25, -0.2) is 4.39 Å². The Labute approximate surface area is 112 Å². The molecule has 5 heteroatoms. The Kier molecular flexibility index (Phi) is 4.05. The first kappa shape index (κ1) is 12.8. The van der Waals surface area contributed by atoms with Gasteiger partial charge in [-0.3, -0.25) is 0 Å². The molecule has 0 radical (unpaired) electrons. The number of aliphatic hydroxyl groups excluding tert-OH is 1. The summed E-state index contributed by atoms with van der Waals surface area (Å²) in [4.78, 5) is 0.717. The van der Waals surface area contributed by atoms with Gasteiger partial charge in [-0.05, 0) is 35.9 Å². The summed E-state index contributed by atoms with van der Waals surface area (Å²) in [5, 5.41) is 10.4. The molecule has 0 saturated heterocycles. The second kappa shape index (κ2) is 5.36. The summed E-state index contributed by atoms with van der Waals surface area (Å²) in [6.45, 7) is 0. The SMILES string of the molecule is OC(Cc1cc(Cl)ccc1F)c1ccc(Cl)s1. The average Bonchev–Trinajstić information content (AvgIpc) is 2.70. The van der Waals surface area contributed by atoms with Crippen molar-refractivity contribution in [2.24, 2.45) is 0 Å². The fourth-order valence-electron chi connectivity index (χ4n) is 1.52. The fraction of sp³-hybridized carbons (Fsp3) is 0.167. The number of halogens is 3. The highest BCUT2D eigenvalue weighted by Crippen LogP contribution is 2.29. The van der Waals surface area contributed by atoms with Crippen molar-refractivity contribution >= 4 is 34.5 Å². The molecule has 17 heavy (non-hydrogen) atoms. The Bertz CT molecular complexity index is 527. The monoisotopic (exact) mass is 290 g/mol. The van der Waals surface area contributed by atoms with E-state index in [1.807, 2.05) is 0 Å². The zero-order valence-corrected chi connectivity index (χ0v) is 11.0. The molecule has 1 heterocycles. The van der Waals surface area contributed by atoms with Crippen molar-refractivity contribution in [2.75, 3.05) is 0 Å². The summed E-state index contributed by atoms with van der Waals surface area (Å²) in [7, 11) is 0. The van der Waals surface area contributed by atoms with Crippen LogP contribution in [0, 0.1) is 5.82 Å². The molecule has 1 unspecified atom stereocenters. The third kappa shape index (κ3) is 3.19. The molecule has 90 valence electrons. The molecular weight excluding hydrogens is 282 g/mol. The number of benzene rings is 1. The predicted octanol–water partition coefficient (Wildman–Crippen LogP) is 4.47. The van der Waals surface area contributed by atoms with Gasteiger partial charge in [0.25, 0.3) is 0 Å². The van der Waals surface area contributed by atoms with Gasteiger partial charge in [-0.1, -0.05) is 23.2 Å². The Balaban J connectivity index is 2.18. The number of hydrogen-bond acceptors (Lipinski definition) is 2. The van der Waals surface area contributed by atoms with Crippen LogP contribution in [0.2, 0.25) is 9.36 Å². The molecule has 2 rings (SSSR count). The van der Waals surface area contributed by atoms with Crippen LogP contribution in [0.3, 0.4) is 0 Å². The van der Waals surface area contributed by atoms with Gasteiger partial charge in [0.2, 0.25) is 0 Å². The van der Waals surface area contributed by atoms with Crippen LogP contribution >= 0.6 is 34.5 Å². The van der Waals surface area contributed by atoms with Gasteiger partial charge in [-0.15, -0.1) is 11.3 Å². The van der Waals surface area contributed by atoms with E-state index < -0.39 is 6.10 Å². The molecule has 0 aliphatic heterocycles. The smallest absolute Gasteiger partial charge is 0.126 e. The molecule has 1 atom stereocenters. The Hall–Kier alpha value is -0.610. The molecule has 0 bridgehead atoms. The van der Waals surface area contributed by atoms with Gasteiger partial charge in [0.1, 0.15) is 5.82 Å². The first-order valence-corrected chi connectivity index (χ1v) is 6.51. The molecular formula is C12H9Cl2FOS. The zero-order valence-electron chi connectivity index (χ0n) is 8.66. The first-order valence-electron chi connectivity index (χ1n) is 4.93. The minimum atomic E-state index is -0.763. The van der Waals surface area contributed by atoms with Gasteiger partial charge in [0.05, 0.1) is 10.4 Å². The lowest BCUT2D eigenvalue weighted by Gasteiger charge is -2.09. The Morgan fingerprint density at radius 1 is 1.24 bits per heavy atom. The molecule has 0 fully saturated rings. The van der Waals surface area contributed by atoms with Crippen LogP contribution in [0.5, 0.6) is 0 Å².